The number of unbranched alkanes of at least 4 members (excludes halogenated alkanes) is 1. The van der Waals surface area contributed by atoms with Gasteiger partial charge in [-0.2, -0.15) is 13.2 Å². The number of ether oxygens (including phenoxy) is 1. The van der Waals surface area contributed by atoms with E-state index >= 15 is 0 Å². The molecule has 4 aromatic rings. The number of hydrogen-bond donors (Lipinski definition) is 3. The Balaban J connectivity index is 1.11. The molecule has 6 rings (SSSR count). The highest BCUT2D eigenvalue weighted by atomic mass is 35.5. The summed E-state index contributed by atoms with van der Waals surface area (Å²) in [5, 5.41) is 15.2. The molecule has 0 unspecified atom stereocenters. The minimum atomic E-state index is -4.59. The van der Waals surface area contributed by atoms with E-state index in [1.165, 1.54) is 23.8 Å². The minimum Gasteiger partial charge on any atom is -0.388 e. The predicted octanol–water partition coefficient (Wildman–Crippen LogP) is 4.78. The average Bonchev–Trinajstić information content (AvgIpc) is 3.39. The van der Waals surface area contributed by atoms with Crippen molar-refractivity contribution in [2.75, 3.05) is 31.8 Å². The number of methoxy groups -OCH3 is 1. The molecule has 3 aromatic heterocycles. The quantitative estimate of drug-likeness (QED) is 0.183. The van der Waals surface area contributed by atoms with E-state index in [4.69, 9.17) is 16.3 Å². The standard InChI is InChI=1S/C29H35ClF3N7O4S/c1-44-26-16(11-23(25(26)41)40-10-8-18-27(36-17-6-7-17)34-15-35-28(18)40)14-39(45(2,42)43)9-4-3-5-24-37-21-12-19(29(31,32)33)20(30)13-22(21)38-24/h8,10,12-13,15-17,23,25-26,41H,3-7,9,11,14H2,1-2H3,(H,37,38)(H,34,35,36)/t16-,23-,25+,26-/m1/s1. The first kappa shape index (κ1) is 32.0. The molecule has 2 saturated carbocycles. The maximum absolute atomic E-state index is 13.2. The second-order valence-electron chi connectivity index (χ2n) is 12.0. The zero-order chi connectivity index (χ0) is 32.1. The summed E-state index contributed by atoms with van der Waals surface area (Å²) in [4.78, 5) is 16.2. The Labute approximate surface area is 263 Å². The van der Waals surface area contributed by atoms with Crippen LogP contribution < -0.4 is 5.32 Å². The van der Waals surface area contributed by atoms with Crippen molar-refractivity contribution in [2.24, 2.45) is 5.92 Å². The lowest BCUT2D eigenvalue weighted by Gasteiger charge is -2.27. The fraction of sp³-hybridized carbons (Fsp3) is 0.552. The third-order valence-corrected chi connectivity index (χ3v) is 10.3. The molecular formula is C29H35ClF3N7O4S. The average molecular weight is 670 g/mol. The number of sulfonamides is 1. The Morgan fingerprint density at radius 2 is 2.02 bits per heavy atom. The number of aromatic nitrogens is 5. The molecule has 0 saturated heterocycles. The lowest BCUT2D eigenvalue weighted by molar-refractivity contribution is -0.137. The number of benzene rings is 1. The van der Waals surface area contributed by atoms with Gasteiger partial charge in [0.15, 0.2) is 0 Å². The van der Waals surface area contributed by atoms with Crippen LogP contribution in [0.3, 0.4) is 0 Å². The maximum atomic E-state index is 13.2. The van der Waals surface area contributed by atoms with Gasteiger partial charge >= 0.3 is 6.18 Å². The normalized spacial score (nSPS) is 22.7. The summed E-state index contributed by atoms with van der Waals surface area (Å²) < 4.78 is 74.3. The number of nitrogens with zero attached hydrogens (tertiary/aromatic N) is 5. The molecule has 2 aliphatic rings. The van der Waals surface area contributed by atoms with Crippen molar-refractivity contribution in [1.29, 1.82) is 0 Å². The molecule has 16 heteroatoms. The predicted molar refractivity (Wildman–Crippen MR) is 164 cm³/mol. The highest BCUT2D eigenvalue weighted by molar-refractivity contribution is 7.88. The van der Waals surface area contributed by atoms with Crippen LogP contribution in [0.25, 0.3) is 22.1 Å². The van der Waals surface area contributed by atoms with Crippen LogP contribution in [0.4, 0.5) is 19.0 Å². The summed E-state index contributed by atoms with van der Waals surface area (Å²) in [7, 11) is -2.08. The van der Waals surface area contributed by atoms with Crippen LogP contribution in [0.5, 0.6) is 0 Å². The van der Waals surface area contributed by atoms with Gasteiger partial charge in [0.2, 0.25) is 10.0 Å². The number of aliphatic hydroxyl groups excluding tert-OH is 1. The Morgan fingerprint density at radius 1 is 1.24 bits per heavy atom. The first-order valence-corrected chi connectivity index (χ1v) is 17.1. The molecular weight excluding hydrogens is 635 g/mol. The summed E-state index contributed by atoms with van der Waals surface area (Å²) in [6.07, 6.45) is 2.60. The van der Waals surface area contributed by atoms with Crippen molar-refractivity contribution < 1.29 is 31.4 Å². The van der Waals surface area contributed by atoms with E-state index in [9.17, 15) is 26.7 Å². The molecule has 244 valence electrons. The number of aromatic amines is 1. The maximum Gasteiger partial charge on any atom is 0.417 e. The Kier molecular flexibility index (Phi) is 8.76. The van der Waals surface area contributed by atoms with Gasteiger partial charge in [-0.25, -0.2) is 27.7 Å². The second-order valence-corrected chi connectivity index (χ2v) is 14.4. The number of alkyl halides is 3. The van der Waals surface area contributed by atoms with Crippen LogP contribution in [0.15, 0.2) is 30.7 Å². The van der Waals surface area contributed by atoms with Gasteiger partial charge in [-0.3, -0.25) is 0 Å². The molecule has 3 N–H and O–H groups in total. The van der Waals surface area contributed by atoms with E-state index in [2.05, 4.69) is 25.3 Å². The number of imidazole rings is 1. The Bertz CT molecular complexity index is 1790. The molecule has 1 aromatic carbocycles. The fourth-order valence-corrected chi connectivity index (χ4v) is 7.49. The van der Waals surface area contributed by atoms with Gasteiger partial charge in [0.25, 0.3) is 0 Å². The van der Waals surface area contributed by atoms with Gasteiger partial charge in [0.1, 0.15) is 29.7 Å². The van der Waals surface area contributed by atoms with Gasteiger partial charge < -0.3 is 24.7 Å². The molecule has 0 radical (unpaired) electrons. The summed E-state index contributed by atoms with van der Waals surface area (Å²) >= 11 is 5.82. The summed E-state index contributed by atoms with van der Waals surface area (Å²) in [6.45, 7) is 0.392. The van der Waals surface area contributed by atoms with Gasteiger partial charge in [0, 0.05) is 44.8 Å². The van der Waals surface area contributed by atoms with Gasteiger partial charge in [-0.05, 0) is 50.3 Å². The van der Waals surface area contributed by atoms with Gasteiger partial charge in [0.05, 0.1) is 45.4 Å². The number of rotatable bonds is 12. The Hall–Kier alpha value is -2.98. The van der Waals surface area contributed by atoms with Crippen LogP contribution in [0.1, 0.15) is 49.5 Å². The van der Waals surface area contributed by atoms with Crippen LogP contribution in [0.2, 0.25) is 5.02 Å². The van der Waals surface area contributed by atoms with Gasteiger partial charge in [-0.15, -0.1) is 0 Å². The third-order valence-electron chi connectivity index (χ3n) is 8.70. The SMILES string of the molecule is CO[C@@H]1[C@@H](CN(CCCCc2nc3cc(C(F)(F)F)c(Cl)cc3[nH]2)S(C)(=O)=O)C[C@@H](n2ccc3c(NC4CC4)ncnc32)[C@@H]1O. The zero-order valence-corrected chi connectivity index (χ0v) is 26.3. The first-order chi connectivity index (χ1) is 21.3. The molecule has 45 heavy (non-hydrogen) atoms. The summed E-state index contributed by atoms with van der Waals surface area (Å²) in [5.74, 6) is 0.969. The number of aryl methyl sites for hydroxylation is 1. The monoisotopic (exact) mass is 669 g/mol. The number of anilines is 1. The molecule has 0 spiro atoms. The number of halogens is 4. The molecule has 4 atom stereocenters. The summed E-state index contributed by atoms with van der Waals surface area (Å²) in [5.41, 5.74) is 0.311. The van der Waals surface area contributed by atoms with Gasteiger partial charge in [-0.1, -0.05) is 11.6 Å². The zero-order valence-electron chi connectivity index (χ0n) is 24.8. The molecule has 0 amide bonds. The van der Waals surface area contributed by atoms with Crippen LogP contribution in [0, 0.1) is 5.92 Å². The fourth-order valence-electron chi connectivity index (χ4n) is 6.30. The molecule has 11 nitrogen and oxygen atoms in total. The highest BCUT2D eigenvalue weighted by Gasteiger charge is 2.45. The van der Waals surface area contributed by atoms with Crippen LogP contribution >= 0.6 is 11.6 Å². The van der Waals surface area contributed by atoms with E-state index in [1.54, 1.807) is 0 Å². The molecule has 2 fully saturated rings. The van der Waals surface area contributed by atoms with Crippen molar-refractivity contribution >= 4 is 49.5 Å². The first-order valence-electron chi connectivity index (χ1n) is 14.8. The molecule has 2 aliphatic carbocycles. The topological polar surface area (TPSA) is 138 Å². The van der Waals surface area contributed by atoms with E-state index < -0.39 is 39.0 Å². The van der Waals surface area contributed by atoms with E-state index in [-0.39, 0.29) is 30.6 Å². The lowest BCUT2D eigenvalue weighted by atomic mass is 10.1. The third kappa shape index (κ3) is 6.77. The van der Waals surface area contributed by atoms with Crippen molar-refractivity contribution in [3.8, 4) is 0 Å². The lowest BCUT2D eigenvalue weighted by Crippen LogP contribution is -2.40. The number of nitrogens with one attached hydrogen (secondary N) is 2. The van der Waals surface area contributed by atoms with E-state index in [0.717, 1.165) is 36.4 Å². The number of H-pyrrole nitrogens is 1. The molecule has 3 heterocycles. The van der Waals surface area contributed by atoms with Crippen LogP contribution in [-0.2, 0) is 27.4 Å². The van der Waals surface area contributed by atoms with Crippen molar-refractivity contribution in [3.63, 3.8) is 0 Å². The number of aliphatic hydroxyl groups is 1. The number of fused-ring (bicyclic) bond motifs is 2. The molecule has 0 bridgehead atoms. The van der Waals surface area contributed by atoms with Crippen molar-refractivity contribution in [3.05, 3.63) is 47.1 Å². The van der Waals surface area contributed by atoms with E-state index in [0.29, 0.717) is 48.7 Å². The van der Waals surface area contributed by atoms with Crippen molar-refractivity contribution in [1.82, 2.24) is 28.8 Å². The second kappa shape index (κ2) is 12.3. The molecule has 0 aliphatic heterocycles. The Morgan fingerprint density at radius 3 is 2.71 bits per heavy atom. The van der Waals surface area contributed by atoms with E-state index in [1.807, 2.05) is 16.8 Å². The number of hydrogen-bond acceptors (Lipinski definition) is 8. The van der Waals surface area contributed by atoms with Crippen LogP contribution in [-0.4, -0.2) is 87.0 Å². The largest absolute Gasteiger partial charge is 0.417 e. The highest BCUT2D eigenvalue weighted by Crippen LogP contribution is 2.40. The van der Waals surface area contributed by atoms with Crippen molar-refractivity contribution in [2.45, 2.75) is 69.0 Å². The summed E-state index contributed by atoms with van der Waals surface area (Å²) in [6, 6.07) is 4.10. The minimum absolute atomic E-state index is 0.164. The smallest absolute Gasteiger partial charge is 0.388 e.